The minimum Gasteiger partial charge on any atom is -0.480 e. The molecule has 3 aromatic carbocycles. The molecule has 1 spiro atoms. The zero-order valence-corrected chi connectivity index (χ0v) is 22.0. The van der Waals surface area contributed by atoms with Gasteiger partial charge < -0.3 is 15.3 Å². The van der Waals surface area contributed by atoms with Crippen molar-refractivity contribution in [2.45, 2.75) is 43.4 Å². The molecule has 3 aliphatic heterocycles. The lowest BCUT2D eigenvalue weighted by molar-refractivity contribution is -0.155. The molecule has 6 rings (SSSR count). The van der Waals surface area contributed by atoms with Gasteiger partial charge in [-0.3, -0.25) is 14.5 Å². The quantitative estimate of drug-likeness (QED) is 0.331. The number of nitrogens with one attached hydrogen (secondary N) is 1. The van der Waals surface area contributed by atoms with E-state index in [0.717, 1.165) is 16.7 Å². The van der Waals surface area contributed by atoms with Crippen LogP contribution in [0.4, 0.5) is 0 Å². The summed E-state index contributed by atoms with van der Waals surface area (Å²) >= 11 is 0. The third-order valence-electron chi connectivity index (χ3n) is 8.94. The summed E-state index contributed by atoms with van der Waals surface area (Å²) in [4.78, 5) is 43.2. The molecule has 1 amide bonds. The van der Waals surface area contributed by atoms with Crippen LogP contribution in [0.2, 0.25) is 0 Å². The number of hydrogen-bond acceptors (Lipinski definition) is 5. The molecule has 2 N–H and O–H groups in total. The summed E-state index contributed by atoms with van der Waals surface area (Å²) < 4.78 is 0. The highest BCUT2D eigenvalue weighted by Crippen LogP contribution is 2.50. The van der Waals surface area contributed by atoms with Crippen molar-refractivity contribution < 1.29 is 19.5 Å². The molecule has 3 fully saturated rings. The van der Waals surface area contributed by atoms with Crippen molar-refractivity contribution in [3.63, 3.8) is 0 Å². The van der Waals surface area contributed by atoms with Gasteiger partial charge in [-0.15, -0.1) is 0 Å². The molecule has 0 radical (unpaired) electrons. The molecule has 7 nitrogen and oxygen atoms in total. The molecule has 200 valence electrons. The van der Waals surface area contributed by atoms with E-state index < -0.39 is 29.0 Å². The Bertz CT molecular complexity index is 1280. The lowest BCUT2D eigenvalue weighted by Crippen LogP contribution is -2.70. The second-order valence-electron chi connectivity index (χ2n) is 10.9. The third-order valence-corrected chi connectivity index (χ3v) is 8.94. The molecule has 7 heteroatoms. The fraction of sp³-hybridized carbons (Fsp3) is 0.344. The Balaban J connectivity index is 1.36. The summed E-state index contributed by atoms with van der Waals surface area (Å²) in [6.07, 6.45) is 0.834. The average molecular weight is 524 g/mol. The zero-order valence-electron chi connectivity index (χ0n) is 22.0. The van der Waals surface area contributed by atoms with Gasteiger partial charge in [0.05, 0.1) is 23.0 Å². The van der Waals surface area contributed by atoms with Crippen LogP contribution in [0.25, 0.3) is 0 Å². The fourth-order valence-corrected chi connectivity index (χ4v) is 6.88. The van der Waals surface area contributed by atoms with E-state index in [1.54, 1.807) is 6.92 Å². The molecule has 0 bridgehead atoms. The molecule has 3 aliphatic rings. The first-order chi connectivity index (χ1) is 18.9. The minimum atomic E-state index is -0.996. The zero-order chi connectivity index (χ0) is 27.2. The molecule has 4 unspecified atom stereocenters. The number of rotatable bonds is 9. The van der Waals surface area contributed by atoms with Gasteiger partial charge >= 0.3 is 5.97 Å². The largest absolute Gasteiger partial charge is 0.480 e. The number of carbonyl (C=O) groups is 3. The number of carbonyl (C=O) groups excluding carboxylic acids is 2. The van der Waals surface area contributed by atoms with Crippen molar-refractivity contribution in [1.29, 1.82) is 0 Å². The van der Waals surface area contributed by atoms with Gasteiger partial charge in [-0.2, -0.15) is 0 Å². The maximum atomic E-state index is 14.1. The number of likely N-dealkylation sites (tertiary alicyclic amines) is 1. The van der Waals surface area contributed by atoms with Gasteiger partial charge in [-0.1, -0.05) is 97.9 Å². The Morgan fingerprint density at radius 3 is 1.87 bits per heavy atom. The lowest BCUT2D eigenvalue weighted by Gasteiger charge is -2.46. The van der Waals surface area contributed by atoms with Crippen LogP contribution in [0.1, 0.15) is 36.5 Å². The predicted molar refractivity (Wildman–Crippen MR) is 147 cm³/mol. The van der Waals surface area contributed by atoms with Crippen LogP contribution >= 0.6 is 0 Å². The average Bonchev–Trinajstić information content (AvgIpc) is 3.67. The first kappa shape index (κ1) is 25.5. The van der Waals surface area contributed by atoms with Crippen LogP contribution in [-0.2, 0) is 19.9 Å². The summed E-state index contributed by atoms with van der Waals surface area (Å²) in [5, 5.41) is 12.9. The lowest BCUT2D eigenvalue weighted by atomic mass is 9.69. The van der Waals surface area contributed by atoms with Crippen molar-refractivity contribution in [2.75, 3.05) is 19.6 Å². The Kier molecular flexibility index (Phi) is 6.36. The number of ketones is 1. The van der Waals surface area contributed by atoms with E-state index in [1.807, 2.05) is 54.6 Å². The molecule has 0 aliphatic carbocycles. The Morgan fingerprint density at radius 1 is 0.949 bits per heavy atom. The Morgan fingerprint density at radius 2 is 1.46 bits per heavy atom. The second-order valence-corrected chi connectivity index (χ2v) is 10.9. The summed E-state index contributed by atoms with van der Waals surface area (Å²) in [6, 6.07) is 29.0. The van der Waals surface area contributed by atoms with Gasteiger partial charge in [0.25, 0.3) is 0 Å². The van der Waals surface area contributed by atoms with Crippen LogP contribution < -0.4 is 5.32 Å². The van der Waals surface area contributed by atoms with E-state index in [1.165, 1.54) is 4.90 Å². The SMILES string of the molecule is CCC(C(=O)O)N1CCC2(CNC2C(=O)[C@@H]2CN2C(c2ccccc2)(c2ccccc2)c2ccccc2)C1=O. The Labute approximate surface area is 228 Å². The highest BCUT2D eigenvalue weighted by molar-refractivity contribution is 6.01. The van der Waals surface area contributed by atoms with Crippen molar-refractivity contribution in [1.82, 2.24) is 15.1 Å². The number of aliphatic carboxylic acids is 1. The maximum absolute atomic E-state index is 14.1. The number of carboxylic acids is 1. The molecule has 0 aromatic heterocycles. The molecule has 3 heterocycles. The van der Waals surface area contributed by atoms with E-state index in [4.69, 9.17) is 0 Å². The van der Waals surface area contributed by atoms with E-state index >= 15 is 0 Å². The normalized spacial score (nSPS) is 26.7. The molecular formula is C32H33N3O4. The number of carboxylic acid groups (broad SMARTS) is 1. The molecular weight excluding hydrogens is 490 g/mol. The highest BCUT2D eigenvalue weighted by Gasteiger charge is 2.65. The third kappa shape index (κ3) is 3.83. The van der Waals surface area contributed by atoms with E-state index in [9.17, 15) is 19.5 Å². The van der Waals surface area contributed by atoms with Gasteiger partial charge in [0.15, 0.2) is 5.78 Å². The highest BCUT2D eigenvalue weighted by atomic mass is 16.4. The van der Waals surface area contributed by atoms with Crippen LogP contribution in [0.5, 0.6) is 0 Å². The van der Waals surface area contributed by atoms with E-state index in [0.29, 0.717) is 32.5 Å². The first-order valence-corrected chi connectivity index (χ1v) is 13.7. The van der Waals surface area contributed by atoms with E-state index in [-0.39, 0.29) is 17.7 Å². The fourth-order valence-electron chi connectivity index (χ4n) is 6.88. The number of amides is 1. The van der Waals surface area contributed by atoms with Crippen LogP contribution in [-0.4, -0.2) is 70.3 Å². The number of hydrogen-bond donors (Lipinski definition) is 2. The Hall–Kier alpha value is -3.81. The van der Waals surface area contributed by atoms with Crippen molar-refractivity contribution >= 4 is 17.7 Å². The van der Waals surface area contributed by atoms with Crippen LogP contribution in [0.15, 0.2) is 91.0 Å². The molecule has 3 aromatic rings. The predicted octanol–water partition coefficient (Wildman–Crippen LogP) is 3.29. The minimum absolute atomic E-state index is 0.00647. The summed E-state index contributed by atoms with van der Waals surface area (Å²) in [5.74, 6) is -1.20. The first-order valence-electron chi connectivity index (χ1n) is 13.7. The summed E-state index contributed by atoms with van der Waals surface area (Å²) in [6.45, 7) is 3.11. The van der Waals surface area contributed by atoms with Crippen molar-refractivity contribution in [3.05, 3.63) is 108 Å². The van der Waals surface area contributed by atoms with Crippen molar-refractivity contribution in [3.8, 4) is 0 Å². The van der Waals surface area contributed by atoms with Gasteiger partial charge in [0, 0.05) is 19.6 Å². The van der Waals surface area contributed by atoms with Gasteiger partial charge in [0.1, 0.15) is 6.04 Å². The topological polar surface area (TPSA) is 89.7 Å². The molecule has 0 saturated carbocycles. The number of Topliss-reactive ketones (excluding diaryl/α,β-unsaturated/α-hetero) is 1. The smallest absolute Gasteiger partial charge is 0.326 e. The summed E-state index contributed by atoms with van der Waals surface area (Å²) in [7, 11) is 0. The van der Waals surface area contributed by atoms with E-state index in [2.05, 4.69) is 46.6 Å². The molecule has 5 atom stereocenters. The molecule has 3 saturated heterocycles. The monoisotopic (exact) mass is 523 g/mol. The van der Waals surface area contributed by atoms with Gasteiger partial charge in [-0.25, -0.2) is 4.79 Å². The standard InChI is InChI=1S/C32H33N3O4/c1-2-25(29(37)38)34-19-18-31(30(34)39)21-33-28(31)27(36)26-20-35(26)32(22-12-6-3-7-13-22,23-14-8-4-9-15-23)24-16-10-5-11-17-24/h3-17,25-26,28,33H,2,18-21H2,1H3,(H,37,38)/t25?,26-,28?,31?,35?/m0/s1. The summed E-state index contributed by atoms with van der Waals surface area (Å²) in [5.41, 5.74) is 1.69. The van der Waals surface area contributed by atoms with Crippen LogP contribution in [0.3, 0.4) is 0 Å². The van der Waals surface area contributed by atoms with Crippen molar-refractivity contribution in [2.24, 2.45) is 5.41 Å². The maximum Gasteiger partial charge on any atom is 0.326 e. The second kappa shape index (κ2) is 9.74. The number of benzene rings is 3. The molecule has 39 heavy (non-hydrogen) atoms. The van der Waals surface area contributed by atoms with Gasteiger partial charge in [-0.05, 0) is 29.5 Å². The number of nitrogens with zero attached hydrogens (tertiary/aromatic N) is 2. The van der Waals surface area contributed by atoms with Gasteiger partial charge in [0.2, 0.25) is 5.91 Å². The van der Waals surface area contributed by atoms with Crippen LogP contribution in [0, 0.1) is 5.41 Å².